The van der Waals surface area contributed by atoms with Gasteiger partial charge < -0.3 is 20.6 Å². The van der Waals surface area contributed by atoms with E-state index in [1.807, 2.05) is 0 Å². The minimum atomic E-state index is -1.13. The van der Waals surface area contributed by atoms with Crippen molar-refractivity contribution in [2.45, 2.75) is 302 Å². The Hall–Kier alpha value is -0.650. The molecule has 0 rings (SSSR count). The van der Waals surface area contributed by atoms with Crippen LogP contribution < -0.4 is 5.32 Å². The van der Waals surface area contributed by atoms with E-state index in [0.29, 0.717) is 12.8 Å². The summed E-state index contributed by atoms with van der Waals surface area (Å²) >= 11 is 0. The lowest BCUT2D eigenvalue weighted by molar-refractivity contribution is -0.124. The number of unbranched alkanes of at least 4 members (excludes halogenated alkanes) is 38. The highest BCUT2D eigenvalue weighted by Crippen LogP contribution is 2.18. The zero-order chi connectivity index (χ0) is 39.4. The molecule has 0 aromatic carbocycles. The first-order valence-electron chi connectivity index (χ1n) is 24.8. The maximum Gasteiger partial charge on any atom is 0.220 e. The number of hydrogen-bond donors (Lipinski definition) is 4. The second kappa shape index (κ2) is 45.1. The normalized spacial score (nSPS) is 13.4. The van der Waals surface area contributed by atoms with Crippen molar-refractivity contribution in [2.75, 3.05) is 6.61 Å². The van der Waals surface area contributed by atoms with E-state index in [2.05, 4.69) is 19.2 Å². The molecule has 5 heteroatoms. The molecule has 0 fully saturated rings. The minimum Gasteiger partial charge on any atom is -0.394 e. The van der Waals surface area contributed by atoms with Gasteiger partial charge in [0.1, 0.15) is 6.10 Å². The van der Waals surface area contributed by atoms with Crippen LogP contribution in [0.1, 0.15) is 284 Å². The van der Waals surface area contributed by atoms with E-state index in [-0.39, 0.29) is 12.5 Å². The van der Waals surface area contributed by atoms with Gasteiger partial charge in [-0.3, -0.25) is 4.79 Å². The van der Waals surface area contributed by atoms with Gasteiger partial charge >= 0.3 is 0 Å². The fraction of sp³-hybridized carbons (Fsp3) is 0.980. The number of aliphatic hydroxyl groups excluding tert-OH is 3. The Morgan fingerprint density at radius 3 is 0.889 bits per heavy atom. The van der Waals surface area contributed by atoms with Crippen molar-refractivity contribution >= 4 is 5.91 Å². The second-order valence-electron chi connectivity index (χ2n) is 17.4. The first kappa shape index (κ1) is 53.4. The first-order chi connectivity index (χ1) is 26.6. The molecule has 0 aliphatic rings. The molecule has 0 aliphatic heterocycles. The monoisotopic (exact) mass is 766 g/mol. The molecule has 324 valence electrons. The highest BCUT2D eigenvalue weighted by molar-refractivity contribution is 5.76. The summed E-state index contributed by atoms with van der Waals surface area (Å²) in [5.74, 6) is -0.138. The second-order valence-corrected chi connectivity index (χ2v) is 17.4. The summed E-state index contributed by atoms with van der Waals surface area (Å²) in [7, 11) is 0. The minimum absolute atomic E-state index is 0.138. The van der Waals surface area contributed by atoms with Crippen molar-refractivity contribution in [3.8, 4) is 0 Å². The molecular formula is C49H99NO4. The maximum atomic E-state index is 12.5. The summed E-state index contributed by atoms with van der Waals surface area (Å²) in [5, 5.41) is 33.7. The quantitative estimate of drug-likeness (QED) is 0.0465. The molecule has 0 aromatic rings. The van der Waals surface area contributed by atoms with Crippen LogP contribution in [0.2, 0.25) is 0 Å². The van der Waals surface area contributed by atoms with E-state index in [1.54, 1.807) is 0 Å². The van der Waals surface area contributed by atoms with Crippen LogP contribution in [0.5, 0.6) is 0 Å². The third kappa shape index (κ3) is 39.6. The lowest BCUT2D eigenvalue weighted by Gasteiger charge is -2.26. The summed E-state index contributed by atoms with van der Waals surface area (Å²) in [5.41, 5.74) is 0. The predicted octanol–water partition coefficient (Wildman–Crippen LogP) is 14.6. The number of amides is 1. The van der Waals surface area contributed by atoms with Gasteiger partial charge in [-0.2, -0.15) is 0 Å². The smallest absolute Gasteiger partial charge is 0.220 e. The van der Waals surface area contributed by atoms with Crippen molar-refractivity contribution in [1.82, 2.24) is 5.32 Å². The molecule has 0 radical (unpaired) electrons. The summed E-state index contributed by atoms with van der Waals surface area (Å²) in [6.45, 7) is 4.21. The number of carbonyl (C=O) groups excluding carboxylic acids is 1. The lowest BCUT2D eigenvalue weighted by atomic mass is 9.99. The molecule has 0 aromatic heterocycles. The highest BCUT2D eigenvalue weighted by atomic mass is 16.3. The van der Waals surface area contributed by atoms with E-state index in [0.717, 1.165) is 32.1 Å². The van der Waals surface area contributed by atoms with Gasteiger partial charge in [-0.05, 0) is 12.8 Å². The van der Waals surface area contributed by atoms with Crippen LogP contribution in [0.3, 0.4) is 0 Å². The van der Waals surface area contributed by atoms with Gasteiger partial charge in [0.25, 0.3) is 0 Å². The molecule has 0 saturated carbocycles. The third-order valence-electron chi connectivity index (χ3n) is 12.0. The van der Waals surface area contributed by atoms with Crippen molar-refractivity contribution < 1.29 is 20.1 Å². The number of hydrogen-bond acceptors (Lipinski definition) is 4. The Morgan fingerprint density at radius 1 is 0.389 bits per heavy atom. The van der Waals surface area contributed by atoms with E-state index < -0.39 is 18.2 Å². The zero-order valence-electron chi connectivity index (χ0n) is 36.9. The summed E-state index contributed by atoms with van der Waals surface area (Å²) in [6, 6.07) is -0.803. The molecule has 54 heavy (non-hydrogen) atoms. The van der Waals surface area contributed by atoms with Gasteiger partial charge in [-0.1, -0.05) is 264 Å². The largest absolute Gasteiger partial charge is 0.394 e. The van der Waals surface area contributed by atoms with Crippen LogP contribution in [-0.2, 0) is 4.79 Å². The molecule has 0 aliphatic carbocycles. The molecule has 0 saturated heterocycles. The van der Waals surface area contributed by atoms with E-state index >= 15 is 0 Å². The van der Waals surface area contributed by atoms with E-state index in [1.165, 1.54) is 225 Å². The van der Waals surface area contributed by atoms with Gasteiger partial charge in [0, 0.05) is 6.42 Å². The fourth-order valence-electron chi connectivity index (χ4n) is 8.11. The number of nitrogens with one attached hydrogen (secondary N) is 1. The molecular weight excluding hydrogens is 667 g/mol. The summed E-state index contributed by atoms with van der Waals surface area (Å²) in [6.07, 6.45) is 52.2. The SMILES string of the molecule is CCCCCCCCCCCCCCCCCCCCCCCC(O)C(O)C(CO)NC(=O)CCCCCCCCCCCCCCCCCCCCC. The molecule has 1 amide bonds. The standard InChI is InChI=1S/C49H99NO4/c1-3-5-7-9-11-13-15-17-19-21-23-24-26-27-29-31-33-35-37-39-41-43-47(52)49(54)46(45-51)50-48(53)44-42-40-38-36-34-32-30-28-25-22-20-18-16-14-12-10-8-6-4-2/h46-47,49,51-52,54H,3-45H2,1-2H3,(H,50,53). The van der Waals surface area contributed by atoms with Crippen LogP contribution in [0.4, 0.5) is 0 Å². The molecule has 3 unspecified atom stereocenters. The number of rotatable bonds is 46. The maximum absolute atomic E-state index is 12.5. The van der Waals surface area contributed by atoms with Crippen molar-refractivity contribution in [1.29, 1.82) is 0 Å². The fourth-order valence-corrected chi connectivity index (χ4v) is 8.11. The lowest BCUT2D eigenvalue weighted by Crippen LogP contribution is -2.50. The van der Waals surface area contributed by atoms with Crippen LogP contribution >= 0.6 is 0 Å². The molecule has 5 nitrogen and oxygen atoms in total. The number of aliphatic hydroxyl groups is 3. The highest BCUT2D eigenvalue weighted by Gasteiger charge is 2.26. The van der Waals surface area contributed by atoms with E-state index in [9.17, 15) is 20.1 Å². The van der Waals surface area contributed by atoms with Crippen molar-refractivity contribution in [2.24, 2.45) is 0 Å². The zero-order valence-corrected chi connectivity index (χ0v) is 36.9. The molecule has 4 N–H and O–H groups in total. The van der Waals surface area contributed by atoms with Gasteiger partial charge in [-0.15, -0.1) is 0 Å². The summed E-state index contributed by atoms with van der Waals surface area (Å²) < 4.78 is 0. The Labute approximate surface area is 338 Å². The Morgan fingerprint density at radius 2 is 0.630 bits per heavy atom. The molecule has 0 spiro atoms. The first-order valence-corrected chi connectivity index (χ1v) is 24.8. The van der Waals surface area contributed by atoms with Crippen LogP contribution in [0.25, 0.3) is 0 Å². The van der Waals surface area contributed by atoms with Crippen LogP contribution in [-0.4, -0.2) is 46.1 Å². The van der Waals surface area contributed by atoms with Gasteiger partial charge in [0.2, 0.25) is 5.91 Å². The Bertz CT molecular complexity index is 718. The Balaban J connectivity index is 3.54. The third-order valence-corrected chi connectivity index (χ3v) is 12.0. The molecule has 0 heterocycles. The van der Waals surface area contributed by atoms with Crippen LogP contribution in [0.15, 0.2) is 0 Å². The van der Waals surface area contributed by atoms with Crippen molar-refractivity contribution in [3.63, 3.8) is 0 Å². The Kier molecular flexibility index (Phi) is 44.5. The average molecular weight is 766 g/mol. The van der Waals surface area contributed by atoms with Gasteiger partial charge in [0.15, 0.2) is 0 Å². The van der Waals surface area contributed by atoms with E-state index in [4.69, 9.17) is 0 Å². The average Bonchev–Trinajstić information content (AvgIpc) is 3.18. The number of carbonyl (C=O) groups is 1. The molecule has 3 atom stereocenters. The van der Waals surface area contributed by atoms with Crippen molar-refractivity contribution in [3.05, 3.63) is 0 Å². The van der Waals surface area contributed by atoms with Crippen LogP contribution in [0, 0.1) is 0 Å². The van der Waals surface area contributed by atoms with Gasteiger partial charge in [0.05, 0.1) is 18.8 Å². The van der Waals surface area contributed by atoms with Gasteiger partial charge in [-0.25, -0.2) is 0 Å². The summed E-state index contributed by atoms with van der Waals surface area (Å²) in [4.78, 5) is 12.5. The predicted molar refractivity (Wildman–Crippen MR) is 236 cm³/mol. The molecule has 0 bridgehead atoms. The topological polar surface area (TPSA) is 89.8 Å².